The quantitative estimate of drug-likeness (QED) is 0.860. The lowest BCUT2D eigenvalue weighted by atomic mass is 9.76. The van der Waals surface area contributed by atoms with Gasteiger partial charge >= 0.3 is 0 Å². The Hall–Kier alpha value is -0.120. The van der Waals surface area contributed by atoms with Crippen molar-refractivity contribution in [2.24, 2.45) is 17.6 Å². The number of rotatable bonds is 3. The zero-order chi connectivity index (χ0) is 14.1. The highest BCUT2D eigenvalue weighted by molar-refractivity contribution is 4.95. The number of likely N-dealkylation sites (tertiary alicyclic amines) is 2. The molecule has 0 aromatic heterocycles. The highest BCUT2D eigenvalue weighted by Gasteiger charge is 2.38. The van der Waals surface area contributed by atoms with E-state index < -0.39 is 0 Å². The molecule has 3 rings (SSSR count). The number of hydrogen-bond acceptors (Lipinski definition) is 3. The zero-order valence-corrected chi connectivity index (χ0v) is 13.4. The number of hydrogen-bond donors (Lipinski definition) is 1. The molecule has 3 nitrogen and oxygen atoms in total. The third kappa shape index (κ3) is 3.05. The lowest BCUT2D eigenvalue weighted by molar-refractivity contribution is 0.108. The van der Waals surface area contributed by atoms with Gasteiger partial charge in [0.05, 0.1) is 0 Å². The van der Waals surface area contributed by atoms with Gasteiger partial charge in [-0.15, -0.1) is 0 Å². The van der Waals surface area contributed by atoms with Gasteiger partial charge in [-0.25, -0.2) is 0 Å². The summed E-state index contributed by atoms with van der Waals surface area (Å²) < 4.78 is 0. The summed E-state index contributed by atoms with van der Waals surface area (Å²) in [6.07, 6.45) is 8.11. The van der Waals surface area contributed by atoms with E-state index in [0.29, 0.717) is 12.1 Å². The van der Waals surface area contributed by atoms with E-state index in [4.69, 9.17) is 5.73 Å². The fourth-order valence-corrected chi connectivity index (χ4v) is 4.70. The van der Waals surface area contributed by atoms with E-state index in [1.807, 2.05) is 0 Å². The molecule has 0 aromatic rings. The van der Waals surface area contributed by atoms with Gasteiger partial charge in [-0.3, -0.25) is 9.80 Å². The largest absolute Gasteiger partial charge is 0.326 e. The van der Waals surface area contributed by atoms with Crippen molar-refractivity contribution in [2.45, 2.75) is 70.5 Å². The van der Waals surface area contributed by atoms with E-state index in [1.165, 1.54) is 64.7 Å². The van der Waals surface area contributed by atoms with Crippen molar-refractivity contribution in [2.75, 3.05) is 26.2 Å². The zero-order valence-electron chi connectivity index (χ0n) is 13.4. The first-order valence-corrected chi connectivity index (χ1v) is 8.89. The molecule has 1 aliphatic carbocycles. The van der Waals surface area contributed by atoms with Crippen molar-refractivity contribution in [3.63, 3.8) is 0 Å². The summed E-state index contributed by atoms with van der Waals surface area (Å²) in [7, 11) is 0. The molecule has 20 heavy (non-hydrogen) atoms. The van der Waals surface area contributed by atoms with Crippen molar-refractivity contribution in [1.29, 1.82) is 0 Å². The summed E-state index contributed by atoms with van der Waals surface area (Å²) >= 11 is 0. The van der Waals surface area contributed by atoms with Gasteiger partial charge in [-0.05, 0) is 63.5 Å². The van der Waals surface area contributed by atoms with E-state index in [2.05, 4.69) is 23.6 Å². The fourth-order valence-electron chi connectivity index (χ4n) is 4.70. The molecule has 3 fully saturated rings. The molecule has 116 valence electrons. The molecule has 0 bridgehead atoms. The lowest BCUT2D eigenvalue weighted by Crippen LogP contribution is -2.51. The summed E-state index contributed by atoms with van der Waals surface area (Å²) in [5.74, 6) is 1.72. The van der Waals surface area contributed by atoms with Crippen LogP contribution >= 0.6 is 0 Å². The average Bonchev–Trinajstić information content (AvgIpc) is 3.10. The summed E-state index contributed by atoms with van der Waals surface area (Å²) in [6.45, 7) is 10.0. The van der Waals surface area contributed by atoms with Crippen LogP contribution in [0, 0.1) is 11.8 Å². The minimum atomic E-state index is 0.419. The van der Waals surface area contributed by atoms with Crippen LogP contribution in [-0.2, 0) is 0 Å². The molecule has 4 atom stereocenters. The Morgan fingerprint density at radius 1 is 0.950 bits per heavy atom. The summed E-state index contributed by atoms with van der Waals surface area (Å²) in [6, 6.07) is 1.90. The van der Waals surface area contributed by atoms with Crippen LogP contribution in [-0.4, -0.2) is 54.1 Å². The van der Waals surface area contributed by atoms with Crippen LogP contribution in [0.4, 0.5) is 0 Å². The minimum absolute atomic E-state index is 0.419. The van der Waals surface area contributed by atoms with Gasteiger partial charge in [-0.1, -0.05) is 13.8 Å². The molecule has 2 heterocycles. The van der Waals surface area contributed by atoms with Gasteiger partial charge < -0.3 is 5.73 Å². The molecular weight excluding hydrogens is 246 g/mol. The summed E-state index contributed by atoms with van der Waals surface area (Å²) in [5.41, 5.74) is 6.46. The Labute approximate surface area is 124 Å². The standard InChI is InChI=1S/C17H33N3/c1-13(2)14-5-6-16(18)17(11-14)20-10-7-15(12-20)19-8-3-4-9-19/h13-17H,3-12,18H2,1-2H3. The second kappa shape index (κ2) is 6.33. The molecule has 2 N–H and O–H groups in total. The van der Waals surface area contributed by atoms with Gasteiger partial charge in [0, 0.05) is 31.2 Å². The normalized spacial score (nSPS) is 40.8. The van der Waals surface area contributed by atoms with Gasteiger partial charge in [0.15, 0.2) is 0 Å². The Bertz CT molecular complexity index is 311. The van der Waals surface area contributed by atoms with Crippen LogP contribution < -0.4 is 5.73 Å². The first-order chi connectivity index (χ1) is 9.65. The Kier molecular flexibility index (Phi) is 4.68. The van der Waals surface area contributed by atoms with Crippen LogP contribution in [0.25, 0.3) is 0 Å². The summed E-state index contributed by atoms with van der Waals surface area (Å²) in [5, 5.41) is 0. The topological polar surface area (TPSA) is 32.5 Å². The molecule has 0 spiro atoms. The van der Waals surface area contributed by atoms with E-state index in [1.54, 1.807) is 0 Å². The molecule has 0 amide bonds. The SMILES string of the molecule is CC(C)C1CCC(N)C(N2CCC(N3CCCC3)C2)C1. The van der Waals surface area contributed by atoms with Gasteiger partial charge in [0.2, 0.25) is 0 Å². The van der Waals surface area contributed by atoms with Crippen LogP contribution in [0.1, 0.15) is 52.4 Å². The van der Waals surface area contributed by atoms with Crippen molar-refractivity contribution < 1.29 is 0 Å². The predicted octanol–water partition coefficient (Wildman–Crippen LogP) is 2.31. The van der Waals surface area contributed by atoms with Crippen LogP contribution in [0.15, 0.2) is 0 Å². The molecule has 0 aromatic carbocycles. The molecule has 0 radical (unpaired) electrons. The second-order valence-electron chi connectivity index (χ2n) is 7.73. The molecule has 3 aliphatic rings. The Morgan fingerprint density at radius 3 is 2.40 bits per heavy atom. The van der Waals surface area contributed by atoms with E-state index in [9.17, 15) is 0 Å². The maximum Gasteiger partial charge on any atom is 0.0250 e. The van der Waals surface area contributed by atoms with Crippen LogP contribution in [0.5, 0.6) is 0 Å². The smallest absolute Gasteiger partial charge is 0.0250 e. The molecule has 4 unspecified atom stereocenters. The second-order valence-corrected chi connectivity index (χ2v) is 7.73. The van der Waals surface area contributed by atoms with Crippen molar-refractivity contribution in [1.82, 2.24) is 9.80 Å². The molecule has 1 saturated carbocycles. The predicted molar refractivity (Wildman–Crippen MR) is 84.7 cm³/mol. The molecule has 2 aliphatic heterocycles. The highest BCUT2D eigenvalue weighted by atomic mass is 15.3. The fraction of sp³-hybridized carbons (Fsp3) is 1.00. The van der Waals surface area contributed by atoms with E-state index in [0.717, 1.165) is 17.9 Å². The first kappa shape index (κ1) is 14.8. The first-order valence-electron chi connectivity index (χ1n) is 8.89. The van der Waals surface area contributed by atoms with Crippen molar-refractivity contribution >= 4 is 0 Å². The molecule has 2 saturated heterocycles. The van der Waals surface area contributed by atoms with Crippen LogP contribution in [0.3, 0.4) is 0 Å². The monoisotopic (exact) mass is 279 g/mol. The number of nitrogens with two attached hydrogens (primary N) is 1. The lowest BCUT2D eigenvalue weighted by Gasteiger charge is -2.41. The van der Waals surface area contributed by atoms with E-state index >= 15 is 0 Å². The van der Waals surface area contributed by atoms with Gasteiger partial charge in [0.25, 0.3) is 0 Å². The molecular formula is C17H33N3. The third-order valence-electron chi connectivity index (χ3n) is 6.17. The van der Waals surface area contributed by atoms with Gasteiger partial charge in [0.1, 0.15) is 0 Å². The van der Waals surface area contributed by atoms with Crippen molar-refractivity contribution in [3.8, 4) is 0 Å². The number of nitrogens with zero attached hydrogens (tertiary/aromatic N) is 2. The average molecular weight is 279 g/mol. The Morgan fingerprint density at radius 2 is 1.70 bits per heavy atom. The molecule has 3 heteroatoms. The van der Waals surface area contributed by atoms with Crippen molar-refractivity contribution in [3.05, 3.63) is 0 Å². The van der Waals surface area contributed by atoms with E-state index in [-0.39, 0.29) is 0 Å². The summed E-state index contributed by atoms with van der Waals surface area (Å²) in [4.78, 5) is 5.47. The Balaban J connectivity index is 1.57. The highest BCUT2D eigenvalue weighted by Crippen LogP contribution is 2.34. The van der Waals surface area contributed by atoms with Crippen LogP contribution in [0.2, 0.25) is 0 Å². The minimum Gasteiger partial charge on any atom is -0.326 e. The third-order valence-corrected chi connectivity index (χ3v) is 6.17. The maximum absolute atomic E-state index is 6.46. The maximum atomic E-state index is 6.46. The van der Waals surface area contributed by atoms with Gasteiger partial charge in [-0.2, -0.15) is 0 Å².